The molecule has 0 atom stereocenters. The summed E-state index contributed by atoms with van der Waals surface area (Å²) in [5.74, 6) is -0.333. The van der Waals surface area contributed by atoms with Crippen molar-refractivity contribution in [1.29, 1.82) is 5.26 Å². The van der Waals surface area contributed by atoms with E-state index in [-0.39, 0.29) is 11.4 Å². The number of aromatic nitrogens is 3. The minimum atomic E-state index is -0.333. The van der Waals surface area contributed by atoms with Gasteiger partial charge in [-0.05, 0) is 18.2 Å². The van der Waals surface area contributed by atoms with Gasteiger partial charge in [0, 0.05) is 46.5 Å². The first kappa shape index (κ1) is 14.1. The van der Waals surface area contributed by atoms with Crippen molar-refractivity contribution >= 4 is 34.4 Å². The molecule has 22 heavy (non-hydrogen) atoms. The second-order valence-electron chi connectivity index (χ2n) is 4.84. The third-order valence-electron chi connectivity index (χ3n) is 3.29. The van der Waals surface area contributed by atoms with E-state index in [0.717, 1.165) is 10.9 Å². The summed E-state index contributed by atoms with van der Waals surface area (Å²) in [5.41, 5.74) is 1.97. The van der Waals surface area contributed by atoms with Crippen LogP contribution in [0.4, 0.5) is 0 Å². The topological polar surface area (TPSA) is 74.5 Å². The Morgan fingerprint density at radius 3 is 3.00 bits per heavy atom. The average Bonchev–Trinajstić information content (AvgIpc) is 3.09. The number of benzene rings is 1. The minimum Gasteiger partial charge on any atom is -0.360 e. The Labute approximate surface area is 131 Å². The Morgan fingerprint density at radius 1 is 1.50 bits per heavy atom. The molecule has 2 aromatic heterocycles. The van der Waals surface area contributed by atoms with Crippen LogP contribution in [0, 0.1) is 11.3 Å². The van der Waals surface area contributed by atoms with E-state index in [1.54, 1.807) is 48.5 Å². The van der Waals surface area contributed by atoms with Crippen molar-refractivity contribution in [3.8, 4) is 6.07 Å². The number of aromatic amines is 1. The summed E-state index contributed by atoms with van der Waals surface area (Å²) in [5, 5.41) is 14.6. The van der Waals surface area contributed by atoms with Gasteiger partial charge in [-0.25, -0.2) is 0 Å². The Morgan fingerprint density at radius 2 is 2.32 bits per heavy atom. The molecule has 0 amide bonds. The van der Waals surface area contributed by atoms with E-state index >= 15 is 0 Å². The molecule has 3 aromatic rings. The van der Waals surface area contributed by atoms with Crippen LogP contribution in [0.3, 0.4) is 0 Å². The van der Waals surface area contributed by atoms with Gasteiger partial charge in [0.25, 0.3) is 0 Å². The third-order valence-corrected chi connectivity index (χ3v) is 3.52. The standard InChI is InChI=1S/C16H11ClN4O/c1-21-9-10(7-20-21)4-11(6-18)16(22)14-8-19-15-5-12(17)2-3-13(14)15/h2-5,7-9,19H,1H3/b11-4+. The van der Waals surface area contributed by atoms with Crippen LogP contribution in [-0.4, -0.2) is 20.5 Å². The number of rotatable bonds is 3. The van der Waals surface area contributed by atoms with Crippen molar-refractivity contribution in [2.24, 2.45) is 7.05 Å². The normalized spacial score (nSPS) is 11.6. The number of Topliss-reactive ketones (excluding diaryl/α,β-unsaturated/α-hetero) is 1. The molecule has 1 N–H and O–H groups in total. The molecule has 0 aliphatic rings. The molecule has 3 rings (SSSR count). The van der Waals surface area contributed by atoms with E-state index in [4.69, 9.17) is 11.6 Å². The number of H-pyrrole nitrogens is 1. The summed E-state index contributed by atoms with van der Waals surface area (Å²) < 4.78 is 1.61. The molecular formula is C16H11ClN4O. The summed E-state index contributed by atoms with van der Waals surface area (Å²) in [6, 6.07) is 7.18. The zero-order valence-electron chi connectivity index (χ0n) is 11.7. The van der Waals surface area contributed by atoms with Gasteiger partial charge in [0.05, 0.1) is 6.20 Å². The summed E-state index contributed by atoms with van der Waals surface area (Å²) in [6.07, 6.45) is 6.46. The zero-order valence-corrected chi connectivity index (χ0v) is 12.4. The van der Waals surface area contributed by atoms with Gasteiger partial charge in [-0.3, -0.25) is 9.48 Å². The lowest BCUT2D eigenvalue weighted by Crippen LogP contribution is -2.00. The van der Waals surface area contributed by atoms with Crippen LogP contribution in [0.15, 0.2) is 42.4 Å². The average molecular weight is 311 g/mol. The lowest BCUT2D eigenvalue weighted by molar-refractivity contribution is 0.104. The van der Waals surface area contributed by atoms with E-state index in [2.05, 4.69) is 10.1 Å². The fourth-order valence-corrected chi connectivity index (χ4v) is 2.43. The maximum Gasteiger partial charge on any atom is 0.205 e. The van der Waals surface area contributed by atoms with E-state index in [0.29, 0.717) is 16.1 Å². The van der Waals surface area contributed by atoms with Gasteiger partial charge in [0.15, 0.2) is 0 Å². The van der Waals surface area contributed by atoms with E-state index in [1.165, 1.54) is 6.08 Å². The quantitative estimate of drug-likeness (QED) is 0.458. The number of aryl methyl sites for hydroxylation is 1. The Balaban J connectivity index is 2.04. The maximum absolute atomic E-state index is 12.6. The second-order valence-corrected chi connectivity index (χ2v) is 5.27. The first-order valence-corrected chi connectivity index (χ1v) is 6.88. The van der Waals surface area contributed by atoms with Gasteiger partial charge in [0.2, 0.25) is 5.78 Å². The lowest BCUT2D eigenvalue weighted by atomic mass is 10.0. The van der Waals surface area contributed by atoms with Crippen LogP contribution in [0.1, 0.15) is 15.9 Å². The summed E-state index contributed by atoms with van der Waals surface area (Å²) in [6.45, 7) is 0. The number of carbonyl (C=O) groups is 1. The predicted molar refractivity (Wildman–Crippen MR) is 84.4 cm³/mol. The fourth-order valence-electron chi connectivity index (χ4n) is 2.26. The molecule has 1 aromatic carbocycles. The van der Waals surface area contributed by atoms with Gasteiger partial charge in [-0.2, -0.15) is 10.4 Å². The summed E-state index contributed by atoms with van der Waals surface area (Å²) in [4.78, 5) is 15.6. The number of halogens is 1. The number of hydrogen-bond donors (Lipinski definition) is 1. The van der Waals surface area contributed by atoms with Crippen LogP contribution in [0.5, 0.6) is 0 Å². The van der Waals surface area contributed by atoms with Crippen molar-refractivity contribution in [2.45, 2.75) is 0 Å². The number of nitrogens with zero attached hydrogens (tertiary/aromatic N) is 3. The van der Waals surface area contributed by atoms with Gasteiger partial charge in [-0.1, -0.05) is 17.7 Å². The van der Waals surface area contributed by atoms with E-state index in [1.807, 2.05) is 6.07 Å². The fraction of sp³-hybridized carbons (Fsp3) is 0.0625. The predicted octanol–water partition coefficient (Wildman–Crippen LogP) is 3.34. The van der Waals surface area contributed by atoms with E-state index < -0.39 is 0 Å². The highest BCUT2D eigenvalue weighted by Crippen LogP contribution is 2.24. The molecule has 0 radical (unpaired) electrons. The molecule has 0 saturated carbocycles. The van der Waals surface area contributed by atoms with Crippen LogP contribution >= 0.6 is 11.6 Å². The number of nitrogens with one attached hydrogen (secondary N) is 1. The van der Waals surface area contributed by atoms with Crippen LogP contribution in [0.2, 0.25) is 5.02 Å². The molecule has 108 valence electrons. The van der Waals surface area contributed by atoms with Crippen LogP contribution < -0.4 is 0 Å². The van der Waals surface area contributed by atoms with Crippen LogP contribution in [-0.2, 0) is 7.05 Å². The monoisotopic (exact) mass is 310 g/mol. The molecule has 0 bridgehead atoms. The zero-order chi connectivity index (χ0) is 15.7. The second kappa shape index (κ2) is 5.51. The highest BCUT2D eigenvalue weighted by atomic mass is 35.5. The number of fused-ring (bicyclic) bond motifs is 1. The maximum atomic E-state index is 12.6. The van der Waals surface area contributed by atoms with Gasteiger partial charge in [-0.15, -0.1) is 0 Å². The number of allylic oxidation sites excluding steroid dienone is 1. The lowest BCUT2D eigenvalue weighted by Gasteiger charge is -1.98. The molecule has 0 saturated heterocycles. The molecule has 0 aliphatic carbocycles. The number of nitriles is 1. The highest BCUT2D eigenvalue weighted by molar-refractivity contribution is 6.31. The molecule has 6 heteroatoms. The van der Waals surface area contributed by atoms with Gasteiger partial charge in [0.1, 0.15) is 11.6 Å². The molecule has 2 heterocycles. The largest absolute Gasteiger partial charge is 0.360 e. The molecule has 0 fully saturated rings. The van der Waals surface area contributed by atoms with Crippen molar-refractivity contribution in [1.82, 2.24) is 14.8 Å². The Kier molecular flexibility index (Phi) is 3.53. The molecule has 5 nitrogen and oxygen atoms in total. The first-order valence-electron chi connectivity index (χ1n) is 6.50. The Bertz CT molecular complexity index is 943. The van der Waals surface area contributed by atoms with Crippen molar-refractivity contribution < 1.29 is 4.79 Å². The summed E-state index contributed by atoms with van der Waals surface area (Å²) in [7, 11) is 1.77. The molecule has 0 unspecified atom stereocenters. The van der Waals surface area contributed by atoms with Gasteiger partial charge < -0.3 is 4.98 Å². The number of carbonyl (C=O) groups excluding carboxylic acids is 1. The molecule has 0 spiro atoms. The Hall–Kier alpha value is -2.84. The van der Waals surface area contributed by atoms with Crippen molar-refractivity contribution in [2.75, 3.05) is 0 Å². The van der Waals surface area contributed by atoms with Crippen molar-refractivity contribution in [3.63, 3.8) is 0 Å². The highest BCUT2D eigenvalue weighted by Gasteiger charge is 2.17. The summed E-state index contributed by atoms with van der Waals surface area (Å²) >= 11 is 5.93. The number of ketones is 1. The van der Waals surface area contributed by atoms with Crippen molar-refractivity contribution in [3.05, 3.63) is 58.5 Å². The SMILES string of the molecule is Cn1cc(/C=C(\C#N)C(=O)c2c[nH]c3cc(Cl)ccc23)cn1. The number of hydrogen-bond acceptors (Lipinski definition) is 3. The third kappa shape index (κ3) is 2.52. The van der Waals surface area contributed by atoms with E-state index in [9.17, 15) is 10.1 Å². The smallest absolute Gasteiger partial charge is 0.205 e. The van der Waals surface area contributed by atoms with Crippen LogP contribution in [0.25, 0.3) is 17.0 Å². The minimum absolute atomic E-state index is 0.0591. The van der Waals surface area contributed by atoms with Gasteiger partial charge >= 0.3 is 0 Å². The molecule has 0 aliphatic heterocycles. The molecular weight excluding hydrogens is 300 g/mol. The first-order chi connectivity index (χ1) is 10.6.